The Bertz CT molecular complexity index is 1390. The fraction of sp³-hybridized carbons (Fsp3) is 0.600. The number of ether oxygens (including phenoxy) is 1. The van der Waals surface area contributed by atoms with Gasteiger partial charge in [0.15, 0.2) is 0 Å². The van der Waals surface area contributed by atoms with Crippen LogP contribution in [0.15, 0.2) is 30.3 Å². The third-order valence-electron chi connectivity index (χ3n) is 8.46. The molecule has 6 atom stereocenters. The first-order chi connectivity index (χ1) is 22.4. The van der Waals surface area contributed by atoms with Crippen LogP contribution in [0.1, 0.15) is 44.6 Å². The molecule has 1 aromatic carbocycles. The van der Waals surface area contributed by atoms with Gasteiger partial charge in [-0.15, -0.1) is 0 Å². The standard InChI is InChI=1S/C30H42N5O9PS2/c1-19(36)31-21-17-46-47-18-22(30(41)44-2)32-27(38)23-10-6-13-34(23)26(37)12-15-45(42,43)25(16-20-8-4-3-5-9-20)33-28(39)24-11-7-14-35(24)29(21)40/h3-5,8-9,21-25H,6-7,10-18H2,1-2H3,(H,31,36)(H,32,38)(H,33,39)(H,42,43)/t21-,22-,23-,24-,25-/m1/s1. The van der Waals surface area contributed by atoms with Crippen molar-refractivity contribution in [3.05, 3.63) is 35.9 Å². The highest BCUT2D eigenvalue weighted by molar-refractivity contribution is 8.76. The van der Waals surface area contributed by atoms with E-state index in [9.17, 15) is 38.2 Å². The first-order valence-electron chi connectivity index (χ1n) is 15.6. The van der Waals surface area contributed by atoms with Crippen molar-refractivity contribution in [1.29, 1.82) is 0 Å². The molecule has 0 saturated carbocycles. The molecule has 3 fully saturated rings. The minimum Gasteiger partial charge on any atom is -0.467 e. The largest absolute Gasteiger partial charge is 0.467 e. The van der Waals surface area contributed by atoms with Gasteiger partial charge in [0.25, 0.3) is 0 Å². The van der Waals surface area contributed by atoms with Crippen molar-refractivity contribution < 1.29 is 43.0 Å². The normalized spacial score (nSPS) is 30.1. The Morgan fingerprint density at radius 1 is 0.979 bits per heavy atom. The molecule has 0 bridgehead atoms. The van der Waals surface area contributed by atoms with Gasteiger partial charge in [-0.25, -0.2) is 4.79 Å². The van der Waals surface area contributed by atoms with Crippen molar-refractivity contribution in [3.63, 3.8) is 0 Å². The number of methoxy groups -OCH3 is 1. The van der Waals surface area contributed by atoms with Crippen molar-refractivity contribution in [3.8, 4) is 0 Å². The zero-order valence-electron chi connectivity index (χ0n) is 26.4. The molecule has 3 aliphatic heterocycles. The fourth-order valence-corrected chi connectivity index (χ4v) is 9.97. The van der Waals surface area contributed by atoms with Crippen LogP contribution in [-0.2, 0) is 44.5 Å². The summed E-state index contributed by atoms with van der Waals surface area (Å²) in [5.41, 5.74) is 0.698. The average Bonchev–Trinajstić information content (AvgIpc) is 3.74. The molecule has 258 valence electrons. The highest BCUT2D eigenvalue weighted by Crippen LogP contribution is 2.47. The predicted molar refractivity (Wildman–Crippen MR) is 177 cm³/mol. The molecular weight excluding hydrogens is 669 g/mol. The van der Waals surface area contributed by atoms with Gasteiger partial charge < -0.3 is 35.4 Å². The number of rotatable bonds is 4. The molecular formula is C30H42N5O9PS2. The zero-order chi connectivity index (χ0) is 34.1. The summed E-state index contributed by atoms with van der Waals surface area (Å²) in [6, 6.07) is 5.04. The van der Waals surface area contributed by atoms with E-state index in [-0.39, 0.29) is 37.4 Å². The molecule has 0 aliphatic carbocycles. The van der Waals surface area contributed by atoms with Crippen LogP contribution >= 0.6 is 29.0 Å². The summed E-state index contributed by atoms with van der Waals surface area (Å²) in [4.78, 5) is 92.8. The maximum atomic E-state index is 13.9. The summed E-state index contributed by atoms with van der Waals surface area (Å²) in [5, 5.41) is 8.07. The summed E-state index contributed by atoms with van der Waals surface area (Å²) < 4.78 is 18.8. The van der Waals surface area contributed by atoms with Crippen LogP contribution in [0, 0.1) is 0 Å². The van der Waals surface area contributed by atoms with Crippen molar-refractivity contribution in [1.82, 2.24) is 25.8 Å². The smallest absolute Gasteiger partial charge is 0.329 e. The molecule has 0 aromatic heterocycles. The molecule has 47 heavy (non-hydrogen) atoms. The molecule has 4 rings (SSSR count). The van der Waals surface area contributed by atoms with Crippen LogP contribution in [-0.4, -0.2) is 118 Å². The fourth-order valence-electron chi connectivity index (χ4n) is 6.02. The molecule has 0 radical (unpaired) electrons. The third-order valence-corrected chi connectivity index (χ3v) is 13.0. The van der Waals surface area contributed by atoms with Crippen LogP contribution in [0.5, 0.6) is 0 Å². The van der Waals surface area contributed by atoms with Crippen LogP contribution in [0.4, 0.5) is 0 Å². The van der Waals surface area contributed by atoms with Gasteiger partial charge in [0, 0.05) is 50.5 Å². The summed E-state index contributed by atoms with van der Waals surface area (Å²) in [6.07, 6.45) is 0.983. The van der Waals surface area contributed by atoms with E-state index in [1.807, 2.05) is 0 Å². The molecule has 0 spiro atoms. The lowest BCUT2D eigenvalue weighted by molar-refractivity contribution is -0.145. The van der Waals surface area contributed by atoms with Gasteiger partial charge in [0.05, 0.1) is 7.11 Å². The summed E-state index contributed by atoms with van der Waals surface area (Å²) >= 11 is 0. The van der Waals surface area contributed by atoms with Gasteiger partial charge >= 0.3 is 5.97 Å². The molecule has 1 aromatic rings. The first-order valence-corrected chi connectivity index (χ1v) is 20.0. The van der Waals surface area contributed by atoms with E-state index in [1.165, 1.54) is 45.4 Å². The first kappa shape index (κ1) is 36.8. The molecule has 3 aliphatic rings. The monoisotopic (exact) mass is 711 g/mol. The SMILES string of the molecule is COC(=O)[C@H]1CSSC[C@@H](NC(C)=O)C(=O)N2CCC[C@@H]2C(=O)N[C@@H](Cc2ccccc2)P(=O)(O)CCC(=O)N2CCC[C@@H]2C(=O)N1. The number of hydrogen-bond acceptors (Lipinski definition) is 10. The Morgan fingerprint density at radius 2 is 1.60 bits per heavy atom. The Hall–Kier alpha value is -3.07. The Labute approximate surface area is 281 Å². The number of benzene rings is 1. The minimum absolute atomic E-state index is 0.0151. The van der Waals surface area contributed by atoms with Crippen molar-refractivity contribution >= 4 is 64.5 Å². The second kappa shape index (κ2) is 16.8. The number of nitrogens with one attached hydrogen (secondary N) is 3. The van der Waals surface area contributed by atoms with E-state index >= 15 is 0 Å². The van der Waals surface area contributed by atoms with Crippen LogP contribution in [0.25, 0.3) is 0 Å². The maximum Gasteiger partial charge on any atom is 0.329 e. The summed E-state index contributed by atoms with van der Waals surface area (Å²) in [5.74, 6) is -4.28. The maximum absolute atomic E-state index is 13.9. The molecule has 1 unspecified atom stereocenters. The number of carbonyl (C=O) groups is 6. The van der Waals surface area contributed by atoms with Gasteiger partial charge in [-0.1, -0.05) is 51.9 Å². The number of fused-ring (bicyclic) bond motifs is 2. The van der Waals surface area contributed by atoms with E-state index in [4.69, 9.17) is 4.74 Å². The minimum atomic E-state index is -4.23. The lowest BCUT2D eigenvalue weighted by Crippen LogP contribution is -2.55. The Balaban J connectivity index is 1.65. The van der Waals surface area contributed by atoms with Crippen molar-refractivity contribution in [2.24, 2.45) is 0 Å². The van der Waals surface area contributed by atoms with E-state index in [1.54, 1.807) is 30.3 Å². The lowest BCUT2D eigenvalue weighted by Gasteiger charge is -2.31. The average molecular weight is 712 g/mol. The second-order valence-electron chi connectivity index (χ2n) is 11.8. The van der Waals surface area contributed by atoms with E-state index in [0.717, 1.165) is 0 Å². The summed E-state index contributed by atoms with van der Waals surface area (Å²) in [7, 11) is -0.627. The summed E-state index contributed by atoms with van der Waals surface area (Å²) in [6.45, 7) is 1.82. The van der Waals surface area contributed by atoms with Gasteiger partial charge in [-0.2, -0.15) is 0 Å². The predicted octanol–water partition coefficient (Wildman–Crippen LogP) is 0.871. The topological polar surface area (TPSA) is 192 Å². The van der Waals surface area contributed by atoms with Crippen molar-refractivity contribution in [2.45, 2.75) is 75.4 Å². The lowest BCUT2D eigenvalue weighted by atomic mass is 10.1. The van der Waals surface area contributed by atoms with Crippen molar-refractivity contribution in [2.75, 3.05) is 37.9 Å². The highest BCUT2D eigenvalue weighted by atomic mass is 33.1. The Kier molecular flexibility index (Phi) is 13.2. The van der Waals surface area contributed by atoms with E-state index in [2.05, 4.69) is 16.0 Å². The zero-order valence-corrected chi connectivity index (χ0v) is 29.0. The van der Waals surface area contributed by atoms with Crippen LogP contribution < -0.4 is 16.0 Å². The number of hydrogen-bond donors (Lipinski definition) is 4. The van der Waals surface area contributed by atoms with Crippen LogP contribution in [0.2, 0.25) is 0 Å². The number of esters is 1. The molecule has 4 N–H and O–H groups in total. The quantitative estimate of drug-likeness (QED) is 0.197. The highest BCUT2D eigenvalue weighted by Gasteiger charge is 2.42. The van der Waals surface area contributed by atoms with Crippen LogP contribution in [0.3, 0.4) is 0 Å². The number of nitrogens with zero attached hydrogens (tertiary/aromatic N) is 2. The molecule has 3 heterocycles. The van der Waals surface area contributed by atoms with E-state index < -0.39 is 79.0 Å². The van der Waals surface area contributed by atoms with Gasteiger partial charge in [0.1, 0.15) is 30.0 Å². The molecule has 5 amide bonds. The molecule has 3 saturated heterocycles. The number of amides is 5. The molecule has 17 heteroatoms. The Morgan fingerprint density at radius 3 is 2.26 bits per heavy atom. The molecule has 14 nitrogen and oxygen atoms in total. The van der Waals surface area contributed by atoms with Gasteiger partial charge in [0.2, 0.25) is 36.9 Å². The number of carbonyl (C=O) groups excluding carboxylic acids is 6. The van der Waals surface area contributed by atoms with E-state index in [0.29, 0.717) is 31.2 Å². The van der Waals surface area contributed by atoms with Gasteiger partial charge in [-0.3, -0.25) is 28.5 Å². The second-order valence-corrected chi connectivity index (χ2v) is 16.9. The third kappa shape index (κ3) is 9.74. The van der Waals surface area contributed by atoms with Gasteiger partial charge in [-0.05, 0) is 31.2 Å².